The zero-order chi connectivity index (χ0) is 15.1. The Labute approximate surface area is 123 Å². The predicted molar refractivity (Wildman–Crippen MR) is 78.9 cm³/mol. The first-order valence-electron chi connectivity index (χ1n) is 7.20. The van der Waals surface area contributed by atoms with Gasteiger partial charge in [0.15, 0.2) is 0 Å². The van der Waals surface area contributed by atoms with Gasteiger partial charge < -0.3 is 14.7 Å². The van der Waals surface area contributed by atoms with Gasteiger partial charge in [-0.15, -0.1) is 0 Å². The van der Waals surface area contributed by atoms with Gasteiger partial charge in [0.05, 0.1) is 6.61 Å². The zero-order valence-electron chi connectivity index (χ0n) is 11.9. The predicted octanol–water partition coefficient (Wildman–Crippen LogP) is 2.79. The number of hydrogen-bond donors (Lipinski definition) is 1. The fraction of sp³-hybridized carbons (Fsp3) is 0.438. The van der Waals surface area contributed by atoms with Crippen LogP contribution in [0.1, 0.15) is 24.8 Å². The van der Waals surface area contributed by atoms with Gasteiger partial charge in [-0.3, -0.25) is 0 Å². The second-order valence-corrected chi connectivity index (χ2v) is 5.14. The van der Waals surface area contributed by atoms with E-state index >= 15 is 0 Å². The van der Waals surface area contributed by atoms with Crippen molar-refractivity contribution in [2.45, 2.75) is 19.3 Å². The van der Waals surface area contributed by atoms with Crippen molar-refractivity contribution < 1.29 is 19.0 Å². The Kier molecular flexibility index (Phi) is 5.75. The summed E-state index contributed by atoms with van der Waals surface area (Å²) in [5.74, 6) is -1.06. The minimum atomic E-state index is -1.06. The SMILES string of the molecule is O=C(O)/C=C/c1cc(F)cc(OCCCN2CCCC2)c1. The molecule has 1 N–H and O–H groups in total. The lowest BCUT2D eigenvalue weighted by molar-refractivity contribution is -0.131. The van der Waals surface area contributed by atoms with E-state index in [0.717, 1.165) is 32.1 Å². The molecule has 0 saturated carbocycles. The van der Waals surface area contributed by atoms with Gasteiger partial charge in [0.25, 0.3) is 0 Å². The molecule has 1 saturated heterocycles. The van der Waals surface area contributed by atoms with Gasteiger partial charge in [0.2, 0.25) is 0 Å². The molecule has 1 aromatic rings. The first kappa shape index (κ1) is 15.5. The van der Waals surface area contributed by atoms with Crippen molar-refractivity contribution >= 4 is 12.0 Å². The Morgan fingerprint density at radius 3 is 2.81 bits per heavy atom. The summed E-state index contributed by atoms with van der Waals surface area (Å²) in [5, 5.41) is 8.57. The Balaban J connectivity index is 1.82. The van der Waals surface area contributed by atoms with Crippen LogP contribution in [0.4, 0.5) is 4.39 Å². The molecule has 0 atom stereocenters. The number of likely N-dealkylation sites (tertiary alicyclic amines) is 1. The van der Waals surface area contributed by atoms with Crippen LogP contribution in [0.3, 0.4) is 0 Å². The van der Waals surface area contributed by atoms with Crippen LogP contribution in [0.5, 0.6) is 5.75 Å². The van der Waals surface area contributed by atoms with Gasteiger partial charge >= 0.3 is 5.97 Å². The maximum atomic E-state index is 13.4. The summed E-state index contributed by atoms with van der Waals surface area (Å²) in [6.45, 7) is 3.84. The second kappa shape index (κ2) is 7.78. The van der Waals surface area contributed by atoms with E-state index in [2.05, 4.69) is 4.90 Å². The highest BCUT2D eigenvalue weighted by atomic mass is 19.1. The lowest BCUT2D eigenvalue weighted by Gasteiger charge is -2.14. The maximum Gasteiger partial charge on any atom is 0.328 e. The number of carboxylic acid groups (broad SMARTS) is 1. The minimum absolute atomic E-state index is 0.432. The molecule has 0 radical (unpaired) electrons. The normalized spacial score (nSPS) is 15.7. The topological polar surface area (TPSA) is 49.8 Å². The average Bonchev–Trinajstić information content (AvgIpc) is 2.94. The maximum absolute atomic E-state index is 13.4. The van der Waals surface area contributed by atoms with Crippen LogP contribution in [0, 0.1) is 5.82 Å². The van der Waals surface area contributed by atoms with E-state index in [1.807, 2.05) is 0 Å². The molecule has 0 unspecified atom stereocenters. The van der Waals surface area contributed by atoms with E-state index in [-0.39, 0.29) is 0 Å². The molecule has 0 spiro atoms. The van der Waals surface area contributed by atoms with Crippen LogP contribution >= 0.6 is 0 Å². The number of carbonyl (C=O) groups is 1. The van der Waals surface area contributed by atoms with Crippen LogP contribution in [0.25, 0.3) is 6.08 Å². The Hall–Kier alpha value is -1.88. The largest absolute Gasteiger partial charge is 0.493 e. The molecule has 1 heterocycles. The summed E-state index contributed by atoms with van der Waals surface area (Å²) >= 11 is 0. The van der Waals surface area contributed by atoms with Crippen LogP contribution in [0.15, 0.2) is 24.3 Å². The number of halogens is 1. The monoisotopic (exact) mass is 293 g/mol. The minimum Gasteiger partial charge on any atom is -0.493 e. The van der Waals surface area contributed by atoms with Gasteiger partial charge in [-0.25, -0.2) is 9.18 Å². The number of benzene rings is 1. The highest BCUT2D eigenvalue weighted by Crippen LogP contribution is 2.18. The van der Waals surface area contributed by atoms with Gasteiger partial charge in [0, 0.05) is 18.7 Å². The first-order valence-corrected chi connectivity index (χ1v) is 7.20. The quantitative estimate of drug-likeness (QED) is 0.620. The lowest BCUT2D eigenvalue weighted by Crippen LogP contribution is -2.21. The number of rotatable bonds is 7. The average molecular weight is 293 g/mol. The molecule has 1 aromatic carbocycles. The zero-order valence-corrected chi connectivity index (χ0v) is 11.9. The summed E-state index contributed by atoms with van der Waals surface area (Å²) in [6.07, 6.45) is 5.76. The van der Waals surface area contributed by atoms with Gasteiger partial charge in [0.1, 0.15) is 11.6 Å². The third-order valence-electron chi connectivity index (χ3n) is 3.40. The molecule has 0 aromatic heterocycles. The molecular formula is C16H20FNO3. The standard InChI is InChI=1S/C16H20FNO3/c17-14-10-13(4-5-16(19)20)11-15(12-14)21-9-3-8-18-6-1-2-7-18/h4-5,10-12H,1-3,6-9H2,(H,19,20)/b5-4+. The summed E-state index contributed by atoms with van der Waals surface area (Å²) in [6, 6.07) is 4.23. The van der Waals surface area contributed by atoms with Crippen LogP contribution in [0.2, 0.25) is 0 Å². The fourth-order valence-electron chi connectivity index (χ4n) is 2.42. The highest BCUT2D eigenvalue weighted by molar-refractivity contribution is 5.85. The number of ether oxygens (including phenoxy) is 1. The number of nitrogens with zero attached hydrogens (tertiary/aromatic N) is 1. The third kappa shape index (κ3) is 5.55. The first-order chi connectivity index (χ1) is 10.1. The van der Waals surface area contributed by atoms with Crippen molar-refractivity contribution in [2.75, 3.05) is 26.2 Å². The molecular weight excluding hydrogens is 273 g/mol. The van der Waals surface area contributed by atoms with E-state index in [9.17, 15) is 9.18 Å². The number of hydrogen-bond acceptors (Lipinski definition) is 3. The fourth-order valence-corrected chi connectivity index (χ4v) is 2.42. The van der Waals surface area contributed by atoms with Crippen LogP contribution < -0.4 is 4.74 Å². The molecule has 0 bridgehead atoms. The number of carboxylic acids is 1. The molecule has 21 heavy (non-hydrogen) atoms. The van der Waals surface area contributed by atoms with E-state index in [0.29, 0.717) is 17.9 Å². The second-order valence-electron chi connectivity index (χ2n) is 5.14. The van der Waals surface area contributed by atoms with E-state index < -0.39 is 11.8 Å². The Bertz CT molecular complexity index is 510. The van der Waals surface area contributed by atoms with E-state index in [4.69, 9.17) is 9.84 Å². The Morgan fingerprint density at radius 1 is 1.33 bits per heavy atom. The molecule has 0 amide bonds. The third-order valence-corrected chi connectivity index (χ3v) is 3.40. The van der Waals surface area contributed by atoms with Gasteiger partial charge in [-0.1, -0.05) is 0 Å². The van der Waals surface area contributed by atoms with E-state index in [1.54, 1.807) is 6.07 Å². The smallest absolute Gasteiger partial charge is 0.328 e. The highest BCUT2D eigenvalue weighted by Gasteiger charge is 2.10. The van der Waals surface area contributed by atoms with Crippen molar-refractivity contribution in [3.05, 3.63) is 35.7 Å². The van der Waals surface area contributed by atoms with Crippen molar-refractivity contribution in [2.24, 2.45) is 0 Å². The van der Waals surface area contributed by atoms with E-state index in [1.165, 1.54) is 31.1 Å². The van der Waals surface area contributed by atoms with Crippen molar-refractivity contribution in [3.63, 3.8) is 0 Å². The van der Waals surface area contributed by atoms with Crippen LogP contribution in [-0.2, 0) is 4.79 Å². The number of aliphatic carboxylic acids is 1. The van der Waals surface area contributed by atoms with Crippen LogP contribution in [-0.4, -0.2) is 42.2 Å². The van der Waals surface area contributed by atoms with Gasteiger partial charge in [-0.2, -0.15) is 0 Å². The molecule has 1 aliphatic rings. The summed E-state index contributed by atoms with van der Waals surface area (Å²) in [5.41, 5.74) is 0.479. The summed E-state index contributed by atoms with van der Waals surface area (Å²) in [4.78, 5) is 12.9. The van der Waals surface area contributed by atoms with Crippen molar-refractivity contribution in [3.8, 4) is 5.75 Å². The molecule has 1 aliphatic heterocycles. The molecule has 114 valence electrons. The van der Waals surface area contributed by atoms with Gasteiger partial charge in [-0.05, 0) is 56.1 Å². The summed E-state index contributed by atoms with van der Waals surface area (Å²) in [7, 11) is 0. The molecule has 1 fully saturated rings. The molecule has 5 heteroatoms. The molecule has 2 rings (SSSR count). The Morgan fingerprint density at radius 2 is 2.10 bits per heavy atom. The van der Waals surface area contributed by atoms with Crippen molar-refractivity contribution in [1.82, 2.24) is 4.90 Å². The van der Waals surface area contributed by atoms with Crippen molar-refractivity contribution in [1.29, 1.82) is 0 Å². The molecule has 0 aliphatic carbocycles. The lowest BCUT2D eigenvalue weighted by atomic mass is 10.2. The molecule has 4 nitrogen and oxygen atoms in total. The summed E-state index contributed by atoms with van der Waals surface area (Å²) < 4.78 is 19.0.